The Kier molecular flexibility index (Phi) is 9.93. The zero-order chi connectivity index (χ0) is 27.2. The number of aromatic nitrogens is 2. The minimum atomic E-state index is 0.0577. The lowest BCUT2D eigenvalue weighted by atomic mass is 9.84. The highest BCUT2D eigenvalue weighted by Crippen LogP contribution is 2.37. The summed E-state index contributed by atoms with van der Waals surface area (Å²) >= 11 is 3.62. The van der Waals surface area contributed by atoms with Crippen LogP contribution in [0.5, 0.6) is 0 Å². The van der Waals surface area contributed by atoms with Gasteiger partial charge in [0.25, 0.3) is 5.91 Å². The molecule has 1 aliphatic carbocycles. The number of ketones is 1. The van der Waals surface area contributed by atoms with E-state index in [-0.39, 0.29) is 17.9 Å². The predicted octanol–water partition coefficient (Wildman–Crippen LogP) is 6.11. The van der Waals surface area contributed by atoms with E-state index in [0.717, 1.165) is 73.9 Å². The number of likely N-dealkylation sites (tertiary alicyclic amines) is 1. The number of hydrogen-bond acceptors (Lipinski definition) is 6. The van der Waals surface area contributed by atoms with E-state index < -0.39 is 0 Å². The van der Waals surface area contributed by atoms with Crippen molar-refractivity contribution in [2.24, 2.45) is 17.8 Å². The Balaban J connectivity index is 1.38. The molecule has 7 nitrogen and oxygen atoms in total. The maximum Gasteiger partial charge on any atom is 0.253 e. The number of nitrogens with zero attached hydrogens (tertiary/aromatic N) is 4. The smallest absolute Gasteiger partial charge is 0.253 e. The van der Waals surface area contributed by atoms with Crippen LogP contribution in [0.25, 0.3) is 0 Å². The van der Waals surface area contributed by atoms with Gasteiger partial charge >= 0.3 is 0 Å². The van der Waals surface area contributed by atoms with E-state index >= 15 is 0 Å². The summed E-state index contributed by atoms with van der Waals surface area (Å²) in [6.07, 6.45) is 9.46. The number of rotatable bonds is 10. The number of benzene rings is 1. The number of amides is 1. The predicted molar refractivity (Wildman–Crippen MR) is 156 cm³/mol. The average molecular weight is 585 g/mol. The number of carbonyl (C=O) groups excluding carboxylic acids is 2. The van der Waals surface area contributed by atoms with E-state index in [0.29, 0.717) is 35.6 Å². The van der Waals surface area contributed by atoms with Gasteiger partial charge in [0.15, 0.2) is 0 Å². The van der Waals surface area contributed by atoms with E-state index in [1.807, 2.05) is 36.2 Å². The van der Waals surface area contributed by atoms with Gasteiger partial charge in [0.1, 0.15) is 5.78 Å². The highest BCUT2D eigenvalue weighted by atomic mass is 79.9. The molecule has 1 saturated carbocycles. The molecule has 2 aliphatic rings. The molecule has 206 valence electrons. The zero-order valence-electron chi connectivity index (χ0n) is 23.3. The molecule has 2 heterocycles. The van der Waals surface area contributed by atoms with E-state index in [2.05, 4.69) is 52.0 Å². The number of piperidine rings is 1. The number of halogens is 1. The van der Waals surface area contributed by atoms with Crippen LogP contribution in [0.1, 0.15) is 74.8 Å². The number of hydrogen-bond donors (Lipinski definition) is 1. The molecule has 2 aromatic rings. The Hall–Kier alpha value is -2.32. The molecule has 0 bridgehead atoms. The molecule has 0 spiro atoms. The summed E-state index contributed by atoms with van der Waals surface area (Å²) in [7, 11) is 4.04. The van der Waals surface area contributed by atoms with E-state index in [1.54, 1.807) is 6.20 Å². The van der Waals surface area contributed by atoms with Gasteiger partial charge in [0, 0.05) is 42.9 Å². The van der Waals surface area contributed by atoms with Gasteiger partial charge in [-0.1, -0.05) is 26.7 Å². The average Bonchev–Trinajstić information content (AvgIpc) is 3.39. The number of nitrogens with one attached hydrogen (secondary N) is 1. The van der Waals surface area contributed by atoms with Gasteiger partial charge in [0.05, 0.1) is 10.2 Å². The van der Waals surface area contributed by atoms with Crippen LogP contribution in [-0.2, 0) is 11.2 Å². The Morgan fingerprint density at radius 3 is 2.55 bits per heavy atom. The normalized spacial score (nSPS) is 21.3. The van der Waals surface area contributed by atoms with E-state index in [1.165, 1.54) is 0 Å². The fraction of sp³-hybridized carbons (Fsp3) is 0.600. The second-order valence-electron chi connectivity index (χ2n) is 11.3. The second kappa shape index (κ2) is 13.2. The Morgan fingerprint density at radius 1 is 1.16 bits per heavy atom. The molecule has 1 saturated heterocycles. The van der Waals surface area contributed by atoms with Gasteiger partial charge in [-0.15, -0.1) is 0 Å². The molecule has 1 amide bonds. The monoisotopic (exact) mass is 583 g/mol. The van der Waals surface area contributed by atoms with Crippen LogP contribution >= 0.6 is 15.9 Å². The first-order chi connectivity index (χ1) is 18.2. The maximum atomic E-state index is 13.0. The third-order valence-corrected chi connectivity index (χ3v) is 9.20. The lowest BCUT2D eigenvalue weighted by Gasteiger charge is -2.35. The van der Waals surface area contributed by atoms with Crippen molar-refractivity contribution in [3.05, 3.63) is 46.2 Å². The van der Waals surface area contributed by atoms with Crippen LogP contribution < -0.4 is 5.32 Å². The quantitative estimate of drug-likeness (QED) is 0.363. The van der Waals surface area contributed by atoms with E-state index in [4.69, 9.17) is 4.98 Å². The summed E-state index contributed by atoms with van der Waals surface area (Å²) in [5, 5.41) is 3.29. The van der Waals surface area contributed by atoms with Gasteiger partial charge in [-0.2, -0.15) is 0 Å². The molecular formula is C30H42BrN5O2. The molecule has 1 aliphatic heterocycles. The Morgan fingerprint density at radius 2 is 1.87 bits per heavy atom. The first kappa shape index (κ1) is 28.7. The van der Waals surface area contributed by atoms with Crippen molar-refractivity contribution in [3.8, 4) is 0 Å². The molecule has 1 unspecified atom stereocenters. The van der Waals surface area contributed by atoms with Crippen molar-refractivity contribution in [3.63, 3.8) is 0 Å². The fourth-order valence-electron chi connectivity index (χ4n) is 5.78. The van der Waals surface area contributed by atoms with Crippen LogP contribution in [0.15, 0.2) is 34.9 Å². The molecule has 1 aromatic carbocycles. The maximum absolute atomic E-state index is 13.0. The number of anilines is 2. The van der Waals surface area contributed by atoms with Crippen molar-refractivity contribution >= 4 is 39.3 Å². The molecule has 38 heavy (non-hydrogen) atoms. The lowest BCUT2D eigenvalue weighted by molar-refractivity contribution is -0.124. The third kappa shape index (κ3) is 7.20. The van der Waals surface area contributed by atoms with Gasteiger partial charge in [-0.3, -0.25) is 9.59 Å². The van der Waals surface area contributed by atoms with E-state index in [9.17, 15) is 9.59 Å². The van der Waals surface area contributed by atoms with Crippen molar-refractivity contribution in [1.29, 1.82) is 0 Å². The van der Waals surface area contributed by atoms with Crippen molar-refractivity contribution < 1.29 is 9.59 Å². The van der Waals surface area contributed by atoms with Crippen LogP contribution in [0, 0.1) is 17.8 Å². The van der Waals surface area contributed by atoms with Gasteiger partial charge in [-0.05, 0) is 104 Å². The summed E-state index contributed by atoms with van der Waals surface area (Å²) in [6.45, 7) is 6.36. The van der Waals surface area contributed by atoms with Gasteiger partial charge in [-0.25, -0.2) is 9.97 Å². The third-order valence-electron chi connectivity index (χ3n) is 8.54. The van der Waals surface area contributed by atoms with Crippen LogP contribution in [0.4, 0.5) is 11.6 Å². The molecule has 4 rings (SSSR count). The number of carbonyl (C=O) groups is 2. The first-order valence-electron chi connectivity index (χ1n) is 14.1. The SMILES string of the molecule is CCC(C)CC(=O)[C@H]1CCC[C@H]1Cc1nc(Nc2ccc(C(=O)N(C)C3CCN(C)CC3)cc2)ncc1Br. The second-order valence-corrected chi connectivity index (χ2v) is 12.2. The first-order valence-corrected chi connectivity index (χ1v) is 14.9. The van der Waals surface area contributed by atoms with Crippen molar-refractivity contribution in [1.82, 2.24) is 19.8 Å². The zero-order valence-corrected chi connectivity index (χ0v) is 24.8. The van der Waals surface area contributed by atoms with Crippen LogP contribution in [0.3, 0.4) is 0 Å². The van der Waals surface area contributed by atoms with Gasteiger partial charge in [0.2, 0.25) is 5.95 Å². The number of Topliss-reactive ketones (excluding diaryl/α,β-unsaturated/α-hetero) is 1. The minimum absolute atomic E-state index is 0.0577. The Bertz CT molecular complexity index is 1100. The Labute approximate surface area is 235 Å². The summed E-state index contributed by atoms with van der Waals surface area (Å²) in [6, 6.07) is 7.82. The summed E-state index contributed by atoms with van der Waals surface area (Å²) < 4.78 is 0.876. The topological polar surface area (TPSA) is 78.4 Å². The fourth-order valence-corrected chi connectivity index (χ4v) is 6.13. The molecule has 1 N–H and O–H groups in total. The lowest BCUT2D eigenvalue weighted by Crippen LogP contribution is -2.44. The molecular weight excluding hydrogens is 542 g/mol. The molecule has 1 aromatic heterocycles. The molecule has 2 fully saturated rings. The summed E-state index contributed by atoms with van der Waals surface area (Å²) in [5.74, 6) is 1.91. The largest absolute Gasteiger partial charge is 0.339 e. The van der Waals surface area contributed by atoms with Crippen molar-refractivity contribution in [2.75, 3.05) is 32.5 Å². The van der Waals surface area contributed by atoms with Crippen LogP contribution in [-0.4, -0.2) is 64.7 Å². The summed E-state index contributed by atoms with van der Waals surface area (Å²) in [4.78, 5) is 39.4. The molecule has 3 atom stereocenters. The molecule has 0 radical (unpaired) electrons. The van der Waals surface area contributed by atoms with Gasteiger partial charge < -0.3 is 15.1 Å². The summed E-state index contributed by atoms with van der Waals surface area (Å²) in [5.41, 5.74) is 2.45. The highest BCUT2D eigenvalue weighted by molar-refractivity contribution is 9.10. The molecule has 8 heteroatoms. The minimum Gasteiger partial charge on any atom is -0.339 e. The van der Waals surface area contributed by atoms with Crippen molar-refractivity contribution in [2.45, 2.75) is 71.3 Å². The standard InChI is InChI=1S/C30H42BrN5O2/c1-5-20(2)17-28(37)25-8-6-7-22(25)18-27-26(31)19-32-30(34-27)33-23-11-9-21(10-12-23)29(38)36(4)24-13-15-35(3)16-14-24/h9-12,19-20,22,24-25H,5-8,13-18H2,1-4H3,(H,32,33,34)/t20?,22-,25-/m0/s1. The highest BCUT2D eigenvalue weighted by Gasteiger charge is 2.33. The van der Waals surface area contributed by atoms with Crippen LogP contribution in [0.2, 0.25) is 0 Å².